The number of hydrogen-bond donors (Lipinski definition) is 2. The number of aryl methyl sites for hydroxylation is 1. The van der Waals surface area contributed by atoms with Crippen molar-refractivity contribution in [1.29, 1.82) is 0 Å². The van der Waals surface area contributed by atoms with Crippen molar-refractivity contribution in [2.24, 2.45) is 5.73 Å². The molecule has 0 aliphatic heterocycles. The second-order valence-corrected chi connectivity index (χ2v) is 6.53. The molecule has 0 atom stereocenters. The highest BCUT2D eigenvalue weighted by atomic mass is 16.5. The van der Waals surface area contributed by atoms with Gasteiger partial charge in [0.15, 0.2) is 0 Å². The zero-order valence-electron chi connectivity index (χ0n) is 15.4. The number of rotatable bonds is 5. The van der Waals surface area contributed by atoms with Crippen LogP contribution in [0.3, 0.4) is 0 Å². The number of hydrogen-bond acceptors (Lipinski definition) is 5. The number of benzene rings is 2. The number of ether oxygens (including phenoxy) is 1. The summed E-state index contributed by atoms with van der Waals surface area (Å²) in [5.41, 5.74) is 8.95. The molecule has 2 aromatic carbocycles. The molecule has 0 amide bonds. The molecule has 0 unspecified atom stereocenters. The predicted molar refractivity (Wildman–Crippen MR) is 108 cm³/mol. The summed E-state index contributed by atoms with van der Waals surface area (Å²) in [6.07, 6.45) is 2.79. The molecule has 0 aliphatic rings. The maximum atomic E-state index is 12.8. The van der Waals surface area contributed by atoms with E-state index in [1.165, 1.54) is 7.11 Å². The Balaban J connectivity index is 1.88. The maximum absolute atomic E-state index is 12.8. The molecule has 0 saturated carbocycles. The van der Waals surface area contributed by atoms with E-state index in [0.717, 1.165) is 29.4 Å². The first-order chi connectivity index (χ1) is 13.6. The monoisotopic (exact) mass is 376 g/mol. The number of aromatic amines is 1. The number of methoxy groups -OCH3 is 1. The lowest BCUT2D eigenvalue weighted by Crippen LogP contribution is -2.12. The highest BCUT2D eigenvalue weighted by molar-refractivity contribution is 5.97. The Labute approximate surface area is 160 Å². The largest absolute Gasteiger partial charge is 0.465 e. The van der Waals surface area contributed by atoms with Crippen LogP contribution in [-0.2, 0) is 11.3 Å². The Kier molecular flexibility index (Phi) is 4.67. The van der Waals surface area contributed by atoms with Gasteiger partial charge in [0.2, 0.25) is 0 Å². The predicted octanol–water partition coefficient (Wildman–Crippen LogP) is 2.68. The van der Waals surface area contributed by atoms with Gasteiger partial charge in [-0.05, 0) is 37.2 Å². The third-order valence-corrected chi connectivity index (χ3v) is 4.76. The van der Waals surface area contributed by atoms with Crippen LogP contribution in [0.5, 0.6) is 0 Å². The molecule has 4 rings (SSSR count). The van der Waals surface area contributed by atoms with Gasteiger partial charge in [-0.15, -0.1) is 0 Å². The van der Waals surface area contributed by atoms with Gasteiger partial charge in [0.05, 0.1) is 23.7 Å². The summed E-state index contributed by atoms with van der Waals surface area (Å²) in [6, 6.07) is 12.8. The van der Waals surface area contributed by atoms with Gasteiger partial charge >= 0.3 is 5.97 Å². The molecule has 0 spiro atoms. The second kappa shape index (κ2) is 7.28. The van der Waals surface area contributed by atoms with Gasteiger partial charge in [0.1, 0.15) is 5.69 Å². The molecule has 0 bridgehead atoms. The first-order valence-corrected chi connectivity index (χ1v) is 9.03. The van der Waals surface area contributed by atoms with Gasteiger partial charge in [-0.2, -0.15) is 0 Å². The molecule has 7 nitrogen and oxygen atoms in total. The fraction of sp³-hybridized carbons (Fsp3) is 0.190. The quantitative estimate of drug-likeness (QED) is 0.521. The van der Waals surface area contributed by atoms with Gasteiger partial charge < -0.3 is 20.0 Å². The van der Waals surface area contributed by atoms with Crippen LogP contribution in [0.4, 0.5) is 0 Å². The SMILES string of the molecule is COC(=O)c1ccc2nc(-c3cn(CCCN)c4ccccc34)c(=O)[nH]c2c1. The van der Waals surface area contributed by atoms with Crippen LogP contribution in [0.25, 0.3) is 33.2 Å². The molecular formula is C21H20N4O3. The number of nitrogens with zero attached hydrogens (tertiary/aromatic N) is 2. The first kappa shape index (κ1) is 17.9. The van der Waals surface area contributed by atoms with Gasteiger partial charge in [-0.25, -0.2) is 9.78 Å². The zero-order chi connectivity index (χ0) is 19.7. The highest BCUT2D eigenvalue weighted by Gasteiger charge is 2.16. The topological polar surface area (TPSA) is 103 Å². The Morgan fingerprint density at radius 1 is 1.25 bits per heavy atom. The maximum Gasteiger partial charge on any atom is 0.337 e. The van der Waals surface area contributed by atoms with Gasteiger partial charge in [0.25, 0.3) is 5.56 Å². The number of esters is 1. The number of aromatic nitrogens is 3. The van der Waals surface area contributed by atoms with Gasteiger partial charge in [0, 0.05) is 29.2 Å². The van der Waals surface area contributed by atoms with Gasteiger partial charge in [-0.1, -0.05) is 18.2 Å². The van der Waals surface area contributed by atoms with Crippen LogP contribution in [0.2, 0.25) is 0 Å². The van der Waals surface area contributed by atoms with Crippen molar-refractivity contribution >= 4 is 27.9 Å². The average Bonchev–Trinajstić information content (AvgIpc) is 3.09. The summed E-state index contributed by atoms with van der Waals surface area (Å²) in [7, 11) is 1.32. The van der Waals surface area contributed by atoms with Crippen molar-refractivity contribution in [1.82, 2.24) is 14.5 Å². The summed E-state index contributed by atoms with van der Waals surface area (Å²) in [5.74, 6) is -0.463. The molecule has 0 aliphatic carbocycles. The number of fused-ring (bicyclic) bond motifs is 2. The fourth-order valence-electron chi connectivity index (χ4n) is 3.40. The molecule has 3 N–H and O–H groups in total. The number of carbonyl (C=O) groups is 1. The summed E-state index contributed by atoms with van der Waals surface area (Å²) >= 11 is 0. The van der Waals surface area contributed by atoms with Crippen LogP contribution in [0.1, 0.15) is 16.8 Å². The average molecular weight is 376 g/mol. The van der Waals surface area contributed by atoms with E-state index in [2.05, 4.69) is 14.5 Å². The smallest absolute Gasteiger partial charge is 0.337 e. The van der Waals surface area contributed by atoms with Crippen LogP contribution >= 0.6 is 0 Å². The van der Waals surface area contributed by atoms with E-state index in [-0.39, 0.29) is 5.56 Å². The number of nitrogens with two attached hydrogens (primary N) is 1. The molecule has 2 heterocycles. The molecular weight excluding hydrogens is 356 g/mol. The third kappa shape index (κ3) is 3.05. The second-order valence-electron chi connectivity index (χ2n) is 6.53. The summed E-state index contributed by atoms with van der Waals surface area (Å²) in [5, 5.41) is 0.961. The Morgan fingerprint density at radius 2 is 2.07 bits per heavy atom. The third-order valence-electron chi connectivity index (χ3n) is 4.76. The Hall–Kier alpha value is -3.45. The summed E-state index contributed by atoms with van der Waals surface area (Å²) < 4.78 is 6.83. The molecule has 0 fully saturated rings. The lowest BCUT2D eigenvalue weighted by molar-refractivity contribution is 0.0601. The minimum atomic E-state index is -0.463. The minimum Gasteiger partial charge on any atom is -0.465 e. The number of para-hydroxylation sites is 1. The van der Waals surface area contributed by atoms with Crippen LogP contribution in [0.15, 0.2) is 53.5 Å². The van der Waals surface area contributed by atoms with Crippen molar-refractivity contribution in [2.45, 2.75) is 13.0 Å². The normalized spacial score (nSPS) is 11.2. The molecule has 28 heavy (non-hydrogen) atoms. The van der Waals surface area contributed by atoms with E-state index in [1.54, 1.807) is 18.2 Å². The number of carbonyl (C=O) groups excluding carboxylic acids is 1. The van der Waals surface area contributed by atoms with Crippen molar-refractivity contribution in [3.63, 3.8) is 0 Å². The zero-order valence-corrected chi connectivity index (χ0v) is 15.4. The van der Waals surface area contributed by atoms with Crippen molar-refractivity contribution in [2.75, 3.05) is 13.7 Å². The van der Waals surface area contributed by atoms with E-state index in [9.17, 15) is 9.59 Å². The van der Waals surface area contributed by atoms with E-state index in [4.69, 9.17) is 10.5 Å². The number of H-pyrrole nitrogens is 1. The first-order valence-electron chi connectivity index (χ1n) is 9.03. The molecule has 0 saturated heterocycles. The highest BCUT2D eigenvalue weighted by Crippen LogP contribution is 2.28. The van der Waals surface area contributed by atoms with Gasteiger partial charge in [-0.3, -0.25) is 4.79 Å². The molecule has 7 heteroatoms. The van der Waals surface area contributed by atoms with Crippen molar-refractivity contribution < 1.29 is 9.53 Å². The Bertz CT molecular complexity index is 1240. The van der Waals surface area contributed by atoms with E-state index in [1.807, 2.05) is 30.5 Å². The van der Waals surface area contributed by atoms with Crippen LogP contribution in [0, 0.1) is 0 Å². The Morgan fingerprint density at radius 3 is 2.86 bits per heavy atom. The summed E-state index contributed by atoms with van der Waals surface area (Å²) in [6.45, 7) is 1.37. The molecule has 2 aromatic heterocycles. The van der Waals surface area contributed by atoms with Crippen LogP contribution < -0.4 is 11.3 Å². The minimum absolute atomic E-state index is 0.309. The van der Waals surface area contributed by atoms with Crippen molar-refractivity contribution in [3.8, 4) is 11.3 Å². The van der Waals surface area contributed by atoms with E-state index < -0.39 is 5.97 Å². The van der Waals surface area contributed by atoms with E-state index >= 15 is 0 Å². The van der Waals surface area contributed by atoms with E-state index in [0.29, 0.717) is 28.8 Å². The van der Waals surface area contributed by atoms with Crippen molar-refractivity contribution in [3.05, 3.63) is 64.6 Å². The molecule has 142 valence electrons. The van der Waals surface area contributed by atoms with Crippen LogP contribution in [-0.4, -0.2) is 34.2 Å². The molecule has 4 aromatic rings. The fourth-order valence-corrected chi connectivity index (χ4v) is 3.40. The number of nitrogens with one attached hydrogen (secondary N) is 1. The lowest BCUT2D eigenvalue weighted by Gasteiger charge is -2.04. The molecule has 0 radical (unpaired) electrons. The lowest BCUT2D eigenvalue weighted by atomic mass is 10.1. The summed E-state index contributed by atoms with van der Waals surface area (Å²) in [4.78, 5) is 31.9. The standard InChI is InChI=1S/C21H20N4O3/c1-28-21(27)13-7-8-16-17(11-13)24-20(26)19(23-16)15-12-25(10-4-9-22)18-6-3-2-5-14(15)18/h2-3,5-8,11-12H,4,9-10,22H2,1H3,(H,24,26).